The minimum absolute atomic E-state index is 0.538. The third kappa shape index (κ3) is 4.58. The highest BCUT2D eigenvalue weighted by Gasteiger charge is 2.24. The van der Waals surface area contributed by atoms with Gasteiger partial charge >= 0.3 is 6.09 Å². The van der Waals surface area contributed by atoms with Crippen molar-refractivity contribution >= 4 is 17.1 Å². The van der Waals surface area contributed by atoms with Crippen LogP contribution < -0.4 is 4.74 Å². The molecule has 3 aromatic rings. The van der Waals surface area contributed by atoms with E-state index in [4.69, 9.17) is 14.5 Å². The molecule has 6 heteroatoms. The predicted octanol–water partition coefficient (Wildman–Crippen LogP) is 5.84. The Bertz CT molecular complexity index is 1030. The molecule has 0 spiro atoms. The summed E-state index contributed by atoms with van der Waals surface area (Å²) in [5.41, 5.74) is 5.31. The van der Waals surface area contributed by atoms with Gasteiger partial charge in [-0.25, -0.2) is 9.78 Å². The number of nitrogens with zero attached hydrogens (tertiary/aromatic N) is 3. The Balaban J connectivity index is 0.00000145. The van der Waals surface area contributed by atoms with Gasteiger partial charge in [-0.3, -0.25) is 0 Å². The number of rotatable bonds is 2. The van der Waals surface area contributed by atoms with Crippen LogP contribution in [0.1, 0.15) is 51.4 Å². The van der Waals surface area contributed by atoms with Crippen LogP contribution in [0.4, 0.5) is 4.79 Å². The SMILES string of the molecule is CC.COc1cc2c(nc1-c1cccc(C)c1C)c(C)nn2C(=O)OC(C)(C)C. The van der Waals surface area contributed by atoms with Crippen LogP contribution >= 0.6 is 0 Å². The van der Waals surface area contributed by atoms with E-state index in [1.165, 1.54) is 10.2 Å². The van der Waals surface area contributed by atoms with Crippen molar-refractivity contribution in [3.05, 3.63) is 41.1 Å². The Morgan fingerprint density at radius 1 is 1.10 bits per heavy atom. The first-order chi connectivity index (χ1) is 13.6. The lowest BCUT2D eigenvalue weighted by atomic mass is 10.00. The van der Waals surface area contributed by atoms with Crippen LogP contribution in [-0.4, -0.2) is 33.6 Å². The topological polar surface area (TPSA) is 66.2 Å². The van der Waals surface area contributed by atoms with Gasteiger partial charge < -0.3 is 9.47 Å². The molecule has 0 aliphatic rings. The summed E-state index contributed by atoms with van der Waals surface area (Å²) in [7, 11) is 1.60. The maximum absolute atomic E-state index is 12.6. The normalized spacial score (nSPS) is 11.1. The zero-order valence-corrected chi connectivity index (χ0v) is 18.9. The Hall–Kier alpha value is -2.89. The quantitative estimate of drug-likeness (QED) is 0.543. The molecule has 6 nitrogen and oxygen atoms in total. The number of hydrogen-bond donors (Lipinski definition) is 0. The van der Waals surface area contributed by atoms with Gasteiger partial charge in [0.2, 0.25) is 0 Å². The molecule has 0 unspecified atom stereocenters. The molecule has 0 aliphatic heterocycles. The van der Waals surface area contributed by atoms with Crippen molar-refractivity contribution < 1.29 is 14.3 Å². The fourth-order valence-corrected chi connectivity index (χ4v) is 2.96. The number of aryl methyl sites for hydroxylation is 2. The average molecular weight is 398 g/mol. The summed E-state index contributed by atoms with van der Waals surface area (Å²) in [6.07, 6.45) is -0.538. The molecular formula is C23H31N3O3. The fourth-order valence-electron chi connectivity index (χ4n) is 2.96. The fraction of sp³-hybridized carbons (Fsp3) is 0.435. The monoisotopic (exact) mass is 397 g/mol. The third-order valence-electron chi connectivity index (χ3n) is 4.43. The highest BCUT2D eigenvalue weighted by Crippen LogP contribution is 2.35. The molecule has 0 aliphatic carbocycles. The van der Waals surface area contributed by atoms with Gasteiger partial charge in [-0.1, -0.05) is 32.0 Å². The molecule has 0 saturated heterocycles. The Morgan fingerprint density at radius 2 is 1.76 bits per heavy atom. The molecular weight excluding hydrogens is 366 g/mol. The molecule has 2 aromatic heterocycles. The lowest BCUT2D eigenvalue weighted by molar-refractivity contribution is 0.0522. The molecule has 29 heavy (non-hydrogen) atoms. The van der Waals surface area contributed by atoms with Gasteiger partial charge in [-0.15, -0.1) is 0 Å². The largest absolute Gasteiger partial charge is 0.494 e. The summed E-state index contributed by atoms with van der Waals surface area (Å²) in [6.45, 7) is 15.4. The van der Waals surface area contributed by atoms with Crippen molar-refractivity contribution in [2.45, 2.75) is 61.0 Å². The average Bonchev–Trinajstić information content (AvgIpc) is 2.99. The van der Waals surface area contributed by atoms with Crippen LogP contribution in [0.15, 0.2) is 24.3 Å². The van der Waals surface area contributed by atoms with Crippen LogP contribution in [0.3, 0.4) is 0 Å². The molecule has 1 aromatic carbocycles. The summed E-state index contributed by atoms with van der Waals surface area (Å²) < 4.78 is 12.3. The van der Waals surface area contributed by atoms with E-state index in [-0.39, 0.29) is 0 Å². The molecule has 2 heterocycles. The minimum atomic E-state index is -0.612. The highest BCUT2D eigenvalue weighted by molar-refractivity contribution is 5.91. The number of aromatic nitrogens is 3. The Morgan fingerprint density at radius 3 is 2.34 bits per heavy atom. The van der Waals surface area contributed by atoms with Crippen molar-refractivity contribution in [3.63, 3.8) is 0 Å². The predicted molar refractivity (Wildman–Crippen MR) is 117 cm³/mol. The maximum atomic E-state index is 12.6. The molecule has 0 saturated carbocycles. The van der Waals surface area contributed by atoms with E-state index in [0.29, 0.717) is 22.5 Å². The van der Waals surface area contributed by atoms with Gasteiger partial charge in [-0.05, 0) is 52.7 Å². The Labute approximate surface area is 172 Å². The molecule has 3 rings (SSSR count). The van der Waals surface area contributed by atoms with Crippen LogP contribution in [0.2, 0.25) is 0 Å². The second-order valence-corrected chi connectivity index (χ2v) is 7.63. The first-order valence-corrected chi connectivity index (χ1v) is 9.86. The number of benzene rings is 1. The second kappa shape index (κ2) is 8.64. The van der Waals surface area contributed by atoms with Crippen LogP contribution in [0.5, 0.6) is 5.75 Å². The van der Waals surface area contributed by atoms with Gasteiger partial charge in [0, 0.05) is 11.6 Å². The second-order valence-electron chi connectivity index (χ2n) is 7.63. The van der Waals surface area contributed by atoms with Gasteiger partial charge in [0.25, 0.3) is 0 Å². The van der Waals surface area contributed by atoms with Gasteiger partial charge in [0.1, 0.15) is 28.1 Å². The van der Waals surface area contributed by atoms with Gasteiger partial charge in [-0.2, -0.15) is 9.78 Å². The number of fused-ring (bicyclic) bond motifs is 1. The minimum Gasteiger partial charge on any atom is -0.494 e. The number of hydrogen-bond acceptors (Lipinski definition) is 5. The zero-order valence-electron chi connectivity index (χ0n) is 18.9. The molecule has 0 bridgehead atoms. The van der Waals surface area contributed by atoms with E-state index in [1.54, 1.807) is 13.2 Å². The summed E-state index contributed by atoms with van der Waals surface area (Å²) in [4.78, 5) is 17.4. The van der Waals surface area contributed by atoms with Crippen molar-refractivity contribution in [1.82, 2.24) is 14.8 Å². The van der Waals surface area contributed by atoms with Crippen molar-refractivity contribution in [3.8, 4) is 17.0 Å². The van der Waals surface area contributed by atoms with Crippen molar-refractivity contribution in [2.75, 3.05) is 7.11 Å². The first-order valence-electron chi connectivity index (χ1n) is 9.86. The standard InChI is InChI=1S/C21H25N3O3.C2H6/c1-12-9-8-10-15(13(12)2)19-17(26-7)11-16-18(22-19)14(3)23-24(16)20(25)27-21(4,5)6;1-2/h8-11H,1-7H3;1-2H3. The maximum Gasteiger partial charge on any atom is 0.435 e. The number of carbonyl (C=O) groups is 1. The zero-order chi connectivity index (χ0) is 21.9. The van der Waals surface area contributed by atoms with Crippen LogP contribution in [0.25, 0.3) is 22.3 Å². The number of ether oxygens (including phenoxy) is 2. The summed E-state index contributed by atoms with van der Waals surface area (Å²) in [5, 5.41) is 4.35. The lowest BCUT2D eigenvalue weighted by Crippen LogP contribution is -2.27. The molecule has 0 fully saturated rings. The number of carbonyl (C=O) groups excluding carboxylic acids is 1. The lowest BCUT2D eigenvalue weighted by Gasteiger charge is -2.19. The molecule has 0 atom stereocenters. The van der Waals surface area contributed by atoms with E-state index in [0.717, 1.165) is 16.8 Å². The molecule has 0 radical (unpaired) electrons. The van der Waals surface area contributed by atoms with E-state index in [9.17, 15) is 4.79 Å². The number of pyridine rings is 1. The Kier molecular flexibility index (Phi) is 6.67. The highest BCUT2D eigenvalue weighted by atomic mass is 16.6. The smallest absolute Gasteiger partial charge is 0.435 e. The van der Waals surface area contributed by atoms with Crippen LogP contribution in [-0.2, 0) is 4.74 Å². The van der Waals surface area contributed by atoms with Crippen molar-refractivity contribution in [2.24, 2.45) is 0 Å². The summed E-state index contributed by atoms with van der Waals surface area (Å²) >= 11 is 0. The van der Waals surface area contributed by atoms with E-state index < -0.39 is 11.7 Å². The third-order valence-corrected chi connectivity index (χ3v) is 4.43. The van der Waals surface area contributed by atoms with Crippen LogP contribution in [0, 0.1) is 20.8 Å². The first kappa shape index (κ1) is 22.4. The van der Waals surface area contributed by atoms with E-state index in [1.807, 2.05) is 53.7 Å². The summed E-state index contributed by atoms with van der Waals surface area (Å²) in [5.74, 6) is 0.584. The molecule has 156 valence electrons. The van der Waals surface area contributed by atoms with Gasteiger partial charge in [0.05, 0.1) is 12.8 Å². The number of methoxy groups -OCH3 is 1. The van der Waals surface area contributed by atoms with E-state index >= 15 is 0 Å². The van der Waals surface area contributed by atoms with Crippen molar-refractivity contribution in [1.29, 1.82) is 0 Å². The molecule has 0 amide bonds. The van der Waals surface area contributed by atoms with Gasteiger partial charge in [0.15, 0.2) is 0 Å². The van der Waals surface area contributed by atoms with E-state index in [2.05, 4.69) is 25.0 Å². The summed E-state index contributed by atoms with van der Waals surface area (Å²) in [6, 6.07) is 7.88. The molecule has 0 N–H and O–H groups in total.